The van der Waals surface area contributed by atoms with E-state index in [0.717, 1.165) is 5.56 Å². The van der Waals surface area contributed by atoms with E-state index in [4.69, 9.17) is 0 Å². The zero-order valence-electron chi connectivity index (χ0n) is 15.7. The Balaban J connectivity index is 1.52. The summed E-state index contributed by atoms with van der Waals surface area (Å²) >= 11 is 0. The molecule has 2 aromatic carbocycles. The number of aryl methyl sites for hydroxylation is 1. The topological polar surface area (TPSA) is 86.8 Å². The van der Waals surface area contributed by atoms with Crippen LogP contribution >= 0.6 is 0 Å². The highest BCUT2D eigenvalue weighted by molar-refractivity contribution is 7.89. The first-order valence-electron chi connectivity index (χ1n) is 9.06. The molecule has 7 nitrogen and oxygen atoms in total. The number of carbonyl (C=O) groups is 2. The summed E-state index contributed by atoms with van der Waals surface area (Å²) in [6, 6.07) is 15.4. The summed E-state index contributed by atoms with van der Waals surface area (Å²) in [6.07, 6.45) is 0. The molecule has 1 aliphatic rings. The molecule has 0 saturated carbocycles. The van der Waals surface area contributed by atoms with Gasteiger partial charge in [-0.05, 0) is 31.2 Å². The SMILES string of the molecule is Cc1ccc(S(=O)(=O)N2CCN(C(=O)CNC(=O)c3ccccc3)CC2)cc1. The largest absolute Gasteiger partial charge is 0.343 e. The van der Waals surface area contributed by atoms with Gasteiger partial charge in [0.15, 0.2) is 0 Å². The molecule has 1 N–H and O–H groups in total. The molecule has 0 aromatic heterocycles. The summed E-state index contributed by atoms with van der Waals surface area (Å²) in [5.41, 5.74) is 1.48. The number of nitrogens with zero attached hydrogens (tertiary/aromatic N) is 2. The summed E-state index contributed by atoms with van der Waals surface area (Å²) in [7, 11) is -3.56. The van der Waals surface area contributed by atoms with Crippen molar-refractivity contribution in [3.63, 3.8) is 0 Å². The fourth-order valence-electron chi connectivity index (χ4n) is 3.00. The molecular weight excluding hydrogens is 378 g/mol. The van der Waals surface area contributed by atoms with E-state index in [1.165, 1.54) is 4.31 Å². The highest BCUT2D eigenvalue weighted by atomic mass is 32.2. The normalized spacial score (nSPS) is 15.2. The van der Waals surface area contributed by atoms with Crippen LogP contribution in [0.25, 0.3) is 0 Å². The highest BCUT2D eigenvalue weighted by Crippen LogP contribution is 2.18. The van der Waals surface area contributed by atoms with Crippen molar-refractivity contribution in [2.24, 2.45) is 0 Å². The predicted molar refractivity (Wildman–Crippen MR) is 105 cm³/mol. The molecule has 0 spiro atoms. The molecule has 148 valence electrons. The van der Waals surface area contributed by atoms with Crippen molar-refractivity contribution in [1.82, 2.24) is 14.5 Å². The first-order chi connectivity index (χ1) is 13.4. The van der Waals surface area contributed by atoms with Gasteiger partial charge in [-0.3, -0.25) is 9.59 Å². The third-order valence-corrected chi connectivity index (χ3v) is 6.60. The molecule has 3 rings (SSSR count). The van der Waals surface area contributed by atoms with E-state index in [0.29, 0.717) is 18.7 Å². The lowest BCUT2D eigenvalue weighted by atomic mass is 10.2. The number of piperazine rings is 1. The number of carbonyl (C=O) groups excluding carboxylic acids is 2. The van der Waals surface area contributed by atoms with Gasteiger partial charge in [-0.1, -0.05) is 35.9 Å². The molecule has 0 aliphatic carbocycles. The molecular formula is C20H23N3O4S. The number of hydrogen-bond acceptors (Lipinski definition) is 4. The Morgan fingerprint density at radius 2 is 1.54 bits per heavy atom. The maximum Gasteiger partial charge on any atom is 0.251 e. The maximum absolute atomic E-state index is 12.7. The number of hydrogen-bond donors (Lipinski definition) is 1. The number of sulfonamides is 1. The second-order valence-corrected chi connectivity index (χ2v) is 8.58. The van der Waals surface area contributed by atoms with E-state index in [1.807, 2.05) is 13.0 Å². The van der Waals surface area contributed by atoms with Gasteiger partial charge in [0.2, 0.25) is 15.9 Å². The van der Waals surface area contributed by atoms with Gasteiger partial charge in [-0.15, -0.1) is 0 Å². The molecule has 1 aliphatic heterocycles. The molecule has 1 fully saturated rings. The van der Waals surface area contributed by atoms with Gasteiger partial charge < -0.3 is 10.2 Å². The summed E-state index contributed by atoms with van der Waals surface area (Å²) in [5.74, 6) is -0.536. The van der Waals surface area contributed by atoms with Crippen LogP contribution in [0.15, 0.2) is 59.5 Å². The molecule has 8 heteroatoms. The van der Waals surface area contributed by atoms with Crippen LogP contribution in [0.2, 0.25) is 0 Å². The van der Waals surface area contributed by atoms with Crippen molar-refractivity contribution in [3.8, 4) is 0 Å². The molecule has 2 aromatic rings. The Labute approximate surface area is 165 Å². The fourth-order valence-corrected chi connectivity index (χ4v) is 4.42. The van der Waals surface area contributed by atoms with Gasteiger partial charge >= 0.3 is 0 Å². The van der Waals surface area contributed by atoms with Crippen molar-refractivity contribution >= 4 is 21.8 Å². The van der Waals surface area contributed by atoms with E-state index in [1.54, 1.807) is 53.4 Å². The van der Waals surface area contributed by atoms with Crippen LogP contribution in [0.5, 0.6) is 0 Å². The second-order valence-electron chi connectivity index (χ2n) is 6.65. The minimum atomic E-state index is -3.56. The van der Waals surface area contributed by atoms with Gasteiger partial charge in [0.25, 0.3) is 5.91 Å². The average Bonchev–Trinajstić information content (AvgIpc) is 2.73. The van der Waals surface area contributed by atoms with Gasteiger partial charge in [0.1, 0.15) is 0 Å². The third-order valence-electron chi connectivity index (χ3n) is 4.69. The Hall–Kier alpha value is -2.71. The van der Waals surface area contributed by atoms with Crippen molar-refractivity contribution in [1.29, 1.82) is 0 Å². The lowest BCUT2D eigenvalue weighted by Gasteiger charge is -2.34. The number of rotatable bonds is 5. The van der Waals surface area contributed by atoms with Crippen molar-refractivity contribution in [3.05, 3.63) is 65.7 Å². The first-order valence-corrected chi connectivity index (χ1v) is 10.5. The molecule has 0 radical (unpaired) electrons. The molecule has 28 heavy (non-hydrogen) atoms. The van der Waals surface area contributed by atoms with Crippen LogP contribution in [0, 0.1) is 6.92 Å². The Morgan fingerprint density at radius 1 is 0.929 bits per heavy atom. The van der Waals surface area contributed by atoms with E-state index < -0.39 is 10.0 Å². The van der Waals surface area contributed by atoms with Crippen LogP contribution in [-0.2, 0) is 14.8 Å². The molecule has 1 saturated heterocycles. The summed E-state index contributed by atoms with van der Waals surface area (Å²) in [6.45, 7) is 2.84. The van der Waals surface area contributed by atoms with Crippen LogP contribution in [0.1, 0.15) is 15.9 Å². The quantitative estimate of drug-likeness (QED) is 0.817. The van der Waals surface area contributed by atoms with E-state index in [-0.39, 0.29) is 36.3 Å². The van der Waals surface area contributed by atoms with Crippen LogP contribution in [0.4, 0.5) is 0 Å². The predicted octanol–water partition coefficient (Wildman–Crippen LogP) is 1.26. The smallest absolute Gasteiger partial charge is 0.251 e. The molecule has 0 unspecified atom stereocenters. The van der Waals surface area contributed by atoms with Crippen LogP contribution < -0.4 is 5.32 Å². The van der Waals surface area contributed by atoms with Gasteiger partial charge in [-0.2, -0.15) is 4.31 Å². The number of benzene rings is 2. The Bertz CT molecular complexity index is 935. The molecule has 0 bridgehead atoms. The van der Waals surface area contributed by atoms with Crippen molar-refractivity contribution < 1.29 is 18.0 Å². The van der Waals surface area contributed by atoms with Crippen LogP contribution in [-0.4, -0.2) is 62.2 Å². The second kappa shape index (κ2) is 8.53. The van der Waals surface area contributed by atoms with Crippen LogP contribution in [0.3, 0.4) is 0 Å². The zero-order chi connectivity index (χ0) is 20.1. The van der Waals surface area contributed by atoms with E-state index in [2.05, 4.69) is 5.32 Å². The molecule has 1 heterocycles. The number of amides is 2. The van der Waals surface area contributed by atoms with Gasteiger partial charge in [0, 0.05) is 31.7 Å². The lowest BCUT2D eigenvalue weighted by molar-refractivity contribution is -0.131. The lowest BCUT2D eigenvalue weighted by Crippen LogP contribution is -2.52. The summed E-state index contributed by atoms with van der Waals surface area (Å²) in [5, 5.41) is 2.61. The fraction of sp³-hybridized carbons (Fsp3) is 0.300. The number of nitrogens with one attached hydrogen (secondary N) is 1. The first kappa shape index (κ1) is 20.0. The average molecular weight is 401 g/mol. The van der Waals surface area contributed by atoms with E-state index in [9.17, 15) is 18.0 Å². The molecule has 0 atom stereocenters. The summed E-state index contributed by atoms with van der Waals surface area (Å²) in [4.78, 5) is 26.2. The highest BCUT2D eigenvalue weighted by Gasteiger charge is 2.30. The summed E-state index contributed by atoms with van der Waals surface area (Å²) < 4.78 is 26.8. The van der Waals surface area contributed by atoms with E-state index >= 15 is 0 Å². The minimum absolute atomic E-state index is 0.113. The van der Waals surface area contributed by atoms with Gasteiger partial charge in [0.05, 0.1) is 11.4 Å². The molecule has 2 amide bonds. The third kappa shape index (κ3) is 4.58. The Kier molecular flexibility index (Phi) is 6.11. The monoisotopic (exact) mass is 401 g/mol. The van der Waals surface area contributed by atoms with Crippen molar-refractivity contribution in [2.75, 3.05) is 32.7 Å². The standard InChI is InChI=1S/C20H23N3O4S/c1-16-7-9-18(10-8-16)28(26,27)23-13-11-22(12-14-23)19(24)15-21-20(25)17-5-3-2-4-6-17/h2-10H,11-15H2,1H3,(H,21,25). The van der Waals surface area contributed by atoms with Gasteiger partial charge in [-0.25, -0.2) is 8.42 Å². The Morgan fingerprint density at radius 3 is 2.14 bits per heavy atom. The minimum Gasteiger partial charge on any atom is -0.343 e. The zero-order valence-corrected chi connectivity index (χ0v) is 16.5. The maximum atomic E-state index is 12.7. The van der Waals surface area contributed by atoms with Crippen molar-refractivity contribution in [2.45, 2.75) is 11.8 Å².